The molecular weight excluding hydrogens is 447 g/mol. The second kappa shape index (κ2) is 7.32. The lowest BCUT2D eigenvalue weighted by Crippen LogP contribution is -2.28. The summed E-state index contributed by atoms with van der Waals surface area (Å²) in [6, 6.07) is 2.28. The summed E-state index contributed by atoms with van der Waals surface area (Å²) in [5.41, 5.74) is 4.37. The van der Waals surface area contributed by atoms with Gasteiger partial charge in [-0.25, -0.2) is 18.4 Å². The maximum Gasteiger partial charge on any atom is 0.431 e. The predicted octanol–water partition coefficient (Wildman–Crippen LogP) is 3.09. The number of rotatable bonds is 5. The normalized spacial score (nSPS) is 14.9. The molecule has 0 bridgehead atoms. The average Bonchev–Trinajstić information content (AvgIpc) is 3.50. The summed E-state index contributed by atoms with van der Waals surface area (Å²) >= 11 is 0. The van der Waals surface area contributed by atoms with Gasteiger partial charge in [0.05, 0.1) is 16.2 Å². The van der Waals surface area contributed by atoms with Crippen molar-refractivity contribution in [3.63, 3.8) is 0 Å². The van der Waals surface area contributed by atoms with Gasteiger partial charge in [0.2, 0.25) is 0 Å². The number of hydrogen-bond donors (Lipinski definition) is 1. The lowest BCUT2D eigenvalue weighted by atomic mass is 10.1. The van der Waals surface area contributed by atoms with Gasteiger partial charge in [0.25, 0.3) is 5.56 Å². The lowest BCUT2D eigenvalue weighted by Gasteiger charge is -2.14. The second-order valence-corrected chi connectivity index (χ2v) is 10.0. The molecule has 0 amide bonds. The van der Waals surface area contributed by atoms with Crippen molar-refractivity contribution in [2.75, 3.05) is 11.5 Å². The van der Waals surface area contributed by atoms with Crippen molar-refractivity contribution in [1.82, 2.24) is 19.1 Å². The van der Waals surface area contributed by atoms with Crippen LogP contribution in [-0.4, -0.2) is 33.3 Å². The number of aromatic nitrogens is 4. The van der Waals surface area contributed by atoms with E-state index in [0.29, 0.717) is 10.1 Å². The van der Waals surface area contributed by atoms with E-state index in [9.17, 15) is 26.4 Å². The van der Waals surface area contributed by atoms with Gasteiger partial charge in [-0.05, 0) is 43.4 Å². The van der Waals surface area contributed by atoms with Gasteiger partial charge in [0.1, 0.15) is 22.7 Å². The van der Waals surface area contributed by atoms with E-state index < -0.39 is 27.3 Å². The van der Waals surface area contributed by atoms with E-state index in [-0.39, 0.29) is 51.5 Å². The summed E-state index contributed by atoms with van der Waals surface area (Å²) in [7, 11) is -2.33. The average molecular weight is 469 g/mol. The summed E-state index contributed by atoms with van der Waals surface area (Å²) in [5, 5.41) is 0. The number of nitrogens with zero attached hydrogens (tertiary/aromatic N) is 4. The highest BCUT2D eigenvalue weighted by Crippen LogP contribution is 2.44. The molecule has 0 aliphatic heterocycles. The minimum atomic E-state index is -4.76. The first kappa shape index (κ1) is 22.3. The number of nitrogen functional groups attached to an aromatic ring is 1. The Kier molecular flexibility index (Phi) is 5.11. The number of nitrogens with two attached hydrogens (primary N) is 1. The molecule has 0 radical (unpaired) electrons. The Morgan fingerprint density at radius 2 is 1.84 bits per heavy atom. The second-order valence-electron chi connectivity index (χ2n) is 7.79. The van der Waals surface area contributed by atoms with E-state index in [1.807, 2.05) is 0 Å². The van der Waals surface area contributed by atoms with Gasteiger partial charge in [-0.1, -0.05) is 6.92 Å². The predicted molar refractivity (Wildman–Crippen MR) is 113 cm³/mol. The molecule has 8 nitrogen and oxygen atoms in total. The highest BCUT2D eigenvalue weighted by Gasteiger charge is 2.36. The molecule has 0 aromatic carbocycles. The SMILES string of the molecule is CCn1c(C(F)(F)F)cc2nc(-c3nc(N)c(C4CC4)cc3S(=O)(=O)CC)n(C)c2c1=O. The highest BCUT2D eigenvalue weighted by molar-refractivity contribution is 7.91. The van der Waals surface area contributed by atoms with Crippen LogP contribution in [0.25, 0.3) is 22.6 Å². The lowest BCUT2D eigenvalue weighted by molar-refractivity contribution is -0.144. The number of fused-ring (bicyclic) bond motifs is 1. The van der Waals surface area contributed by atoms with E-state index in [2.05, 4.69) is 9.97 Å². The van der Waals surface area contributed by atoms with Gasteiger partial charge in [0.15, 0.2) is 15.7 Å². The van der Waals surface area contributed by atoms with E-state index >= 15 is 0 Å². The number of imidazole rings is 1. The smallest absolute Gasteiger partial charge is 0.383 e. The largest absolute Gasteiger partial charge is 0.431 e. The molecule has 1 fully saturated rings. The van der Waals surface area contributed by atoms with Crippen LogP contribution in [0, 0.1) is 0 Å². The van der Waals surface area contributed by atoms with Crippen molar-refractivity contribution in [3.8, 4) is 11.5 Å². The molecule has 3 aromatic rings. The Morgan fingerprint density at radius 1 is 1.19 bits per heavy atom. The fraction of sp³-hybridized carbons (Fsp3) is 0.450. The number of anilines is 1. The molecule has 1 aliphatic rings. The minimum Gasteiger partial charge on any atom is -0.383 e. The summed E-state index contributed by atoms with van der Waals surface area (Å²) in [4.78, 5) is 21.3. The number of halogens is 3. The maximum absolute atomic E-state index is 13.5. The van der Waals surface area contributed by atoms with Gasteiger partial charge < -0.3 is 14.9 Å². The zero-order valence-electron chi connectivity index (χ0n) is 17.7. The van der Waals surface area contributed by atoms with Crippen LogP contribution < -0.4 is 11.3 Å². The number of sulfone groups is 1. The Labute approximate surface area is 181 Å². The molecular formula is C20H22F3N5O3S. The van der Waals surface area contributed by atoms with Crippen LogP contribution >= 0.6 is 0 Å². The van der Waals surface area contributed by atoms with E-state index in [1.54, 1.807) is 0 Å². The topological polar surface area (TPSA) is 113 Å². The van der Waals surface area contributed by atoms with Gasteiger partial charge in [0, 0.05) is 13.6 Å². The number of hydrogen-bond acceptors (Lipinski definition) is 6. The quantitative estimate of drug-likeness (QED) is 0.615. The first-order valence-electron chi connectivity index (χ1n) is 10.1. The van der Waals surface area contributed by atoms with E-state index in [4.69, 9.17) is 5.73 Å². The maximum atomic E-state index is 13.5. The molecule has 1 saturated carbocycles. The molecule has 3 aromatic heterocycles. The Balaban J connectivity index is 2.07. The van der Waals surface area contributed by atoms with E-state index in [0.717, 1.165) is 18.9 Å². The molecule has 172 valence electrons. The molecule has 0 unspecified atom stereocenters. The van der Waals surface area contributed by atoms with E-state index in [1.165, 1.54) is 31.5 Å². The minimum absolute atomic E-state index is 0.0415. The van der Waals surface area contributed by atoms with Gasteiger partial charge in [-0.2, -0.15) is 13.2 Å². The third-order valence-electron chi connectivity index (χ3n) is 5.73. The summed E-state index contributed by atoms with van der Waals surface area (Å²) in [5.74, 6) is 0.0288. The molecule has 2 N–H and O–H groups in total. The van der Waals surface area contributed by atoms with Crippen molar-refractivity contribution in [2.45, 2.75) is 50.2 Å². The van der Waals surface area contributed by atoms with Crippen molar-refractivity contribution in [1.29, 1.82) is 0 Å². The molecule has 12 heteroatoms. The van der Waals surface area contributed by atoms with Crippen molar-refractivity contribution < 1.29 is 21.6 Å². The monoisotopic (exact) mass is 469 g/mol. The van der Waals surface area contributed by atoms with Gasteiger partial charge >= 0.3 is 6.18 Å². The van der Waals surface area contributed by atoms with Gasteiger partial charge in [-0.15, -0.1) is 0 Å². The highest BCUT2D eigenvalue weighted by atomic mass is 32.2. The number of alkyl halides is 3. The van der Waals surface area contributed by atoms with Crippen molar-refractivity contribution in [3.05, 3.63) is 33.7 Å². The third-order valence-corrected chi connectivity index (χ3v) is 7.47. The number of pyridine rings is 2. The molecule has 1 aliphatic carbocycles. The Morgan fingerprint density at radius 3 is 2.38 bits per heavy atom. The molecule has 0 spiro atoms. The van der Waals surface area contributed by atoms with Crippen LogP contribution in [0.5, 0.6) is 0 Å². The van der Waals surface area contributed by atoms with Crippen molar-refractivity contribution in [2.24, 2.45) is 7.05 Å². The molecule has 4 rings (SSSR count). The van der Waals surface area contributed by atoms with Crippen LogP contribution in [0.4, 0.5) is 19.0 Å². The van der Waals surface area contributed by atoms with Crippen LogP contribution in [0.3, 0.4) is 0 Å². The number of aryl methyl sites for hydroxylation is 1. The van der Waals surface area contributed by atoms with Crippen LogP contribution in [0.15, 0.2) is 21.8 Å². The van der Waals surface area contributed by atoms with Crippen molar-refractivity contribution >= 4 is 26.7 Å². The standard InChI is InChI=1S/C20H22F3N5O3S/c1-4-28-14(20(21,22)23)9-12-16(19(28)29)27(3)18(25-12)15-13(32(30,31)5-2)8-11(10-6-7-10)17(24)26-15/h8-10H,4-7H2,1-3H3,(H2,24,26). The molecule has 0 atom stereocenters. The first-order valence-corrected chi connectivity index (χ1v) is 11.8. The fourth-order valence-electron chi connectivity index (χ4n) is 3.88. The van der Waals surface area contributed by atoms with Crippen LogP contribution in [-0.2, 0) is 29.6 Å². The third kappa shape index (κ3) is 3.46. The first-order chi connectivity index (χ1) is 14.9. The fourth-order valence-corrected chi connectivity index (χ4v) is 4.93. The Bertz CT molecular complexity index is 1400. The zero-order valence-corrected chi connectivity index (χ0v) is 18.5. The molecule has 0 saturated heterocycles. The summed E-state index contributed by atoms with van der Waals surface area (Å²) < 4.78 is 68.1. The van der Waals surface area contributed by atoms with Gasteiger partial charge in [-0.3, -0.25) is 4.79 Å². The Hall–Kier alpha value is -2.89. The molecule has 3 heterocycles. The zero-order chi connectivity index (χ0) is 23.6. The summed E-state index contributed by atoms with van der Waals surface area (Å²) in [6.45, 7) is 2.72. The van der Waals surface area contributed by atoms with Crippen LogP contribution in [0.2, 0.25) is 0 Å². The molecule has 32 heavy (non-hydrogen) atoms. The van der Waals surface area contributed by atoms with Crippen LogP contribution in [0.1, 0.15) is 43.9 Å². The summed E-state index contributed by atoms with van der Waals surface area (Å²) in [6.07, 6.45) is -3.01.